The first kappa shape index (κ1) is 27.9. The quantitative estimate of drug-likeness (QED) is 0.328. The highest BCUT2D eigenvalue weighted by atomic mass is 35.5. The Morgan fingerprint density at radius 2 is 2.05 bits per heavy atom. The first-order valence-corrected chi connectivity index (χ1v) is 11.5. The topological polar surface area (TPSA) is 107 Å². The molecule has 0 aromatic carbocycles. The molecule has 3 rings (SSSR count). The van der Waals surface area contributed by atoms with E-state index in [4.69, 9.17) is 16.3 Å². The Morgan fingerprint density at radius 3 is 2.65 bits per heavy atom. The van der Waals surface area contributed by atoms with Crippen LogP contribution in [0.15, 0.2) is 46.3 Å². The molecule has 3 aromatic rings. The summed E-state index contributed by atoms with van der Waals surface area (Å²) in [5.41, 5.74) is -0.324. The average Bonchev–Trinajstić information content (AvgIpc) is 3.19. The Balaban J connectivity index is 1.85. The second-order valence-electron chi connectivity index (χ2n) is 8.75. The maximum atomic E-state index is 13.9. The average molecular weight is 533 g/mol. The molecule has 196 valence electrons. The summed E-state index contributed by atoms with van der Waals surface area (Å²) in [5, 5.41) is 14.2. The van der Waals surface area contributed by atoms with Crippen LogP contribution in [-0.4, -0.2) is 35.6 Å². The molecule has 0 bridgehead atoms. The molecule has 0 atom stereocenters. The Kier molecular flexibility index (Phi) is 8.39. The van der Waals surface area contributed by atoms with Gasteiger partial charge in [0.1, 0.15) is 41.0 Å². The van der Waals surface area contributed by atoms with E-state index in [1.165, 1.54) is 21.4 Å². The van der Waals surface area contributed by atoms with Crippen molar-refractivity contribution in [3.05, 3.63) is 86.6 Å². The second kappa shape index (κ2) is 11.1. The zero-order valence-corrected chi connectivity index (χ0v) is 21.8. The van der Waals surface area contributed by atoms with E-state index in [1.54, 1.807) is 41.0 Å². The first-order valence-electron chi connectivity index (χ1n) is 11.1. The first-order chi connectivity index (χ1) is 17.3. The second-order valence-corrected chi connectivity index (χ2v) is 9.13. The summed E-state index contributed by atoms with van der Waals surface area (Å²) < 4.78 is 35.3. The highest BCUT2D eigenvalue weighted by molar-refractivity contribution is 6.31. The number of aryl methyl sites for hydroxylation is 2. The zero-order valence-electron chi connectivity index (χ0n) is 21.1. The van der Waals surface area contributed by atoms with E-state index in [1.807, 2.05) is 0 Å². The van der Waals surface area contributed by atoms with E-state index >= 15 is 0 Å². The molecule has 0 spiro atoms. The van der Waals surface area contributed by atoms with Gasteiger partial charge in [-0.3, -0.25) is 24.0 Å². The monoisotopic (exact) mass is 532 g/mol. The number of nitrogens with zero attached hydrogens (tertiary/aromatic N) is 6. The van der Waals surface area contributed by atoms with Crippen LogP contribution in [0.3, 0.4) is 0 Å². The molecule has 0 unspecified atom stereocenters. The summed E-state index contributed by atoms with van der Waals surface area (Å²) in [6.45, 7) is 10.3. The van der Waals surface area contributed by atoms with Crippen LogP contribution in [0.4, 0.5) is 8.78 Å². The van der Waals surface area contributed by atoms with Gasteiger partial charge in [-0.25, -0.2) is 13.8 Å². The molecule has 3 aromatic heterocycles. The molecule has 0 radical (unpaired) electrons. The molecule has 0 fully saturated rings. The SMILES string of the molecule is C=C/C(=C(C)\C=N/Cc1nc(C(C)(C)O)n(C)n1)n1c(C)cc(OCc2ncc(F)cc2F)c(Cl)c1=O. The fraction of sp³-hybridized carbons (Fsp3) is 0.320. The summed E-state index contributed by atoms with van der Waals surface area (Å²) in [4.78, 5) is 25.4. The van der Waals surface area contributed by atoms with E-state index in [-0.39, 0.29) is 29.6 Å². The lowest BCUT2D eigenvalue weighted by atomic mass is 10.1. The van der Waals surface area contributed by atoms with E-state index in [2.05, 4.69) is 26.6 Å². The molecule has 0 amide bonds. The maximum Gasteiger partial charge on any atom is 0.277 e. The number of hydrogen-bond donors (Lipinski definition) is 1. The minimum absolute atomic E-state index is 0.0320. The van der Waals surface area contributed by atoms with Gasteiger partial charge in [0.2, 0.25) is 0 Å². The zero-order chi connectivity index (χ0) is 27.5. The number of aliphatic hydroxyl groups is 1. The van der Waals surface area contributed by atoms with E-state index in [0.29, 0.717) is 34.7 Å². The van der Waals surface area contributed by atoms with Crippen LogP contribution in [0.5, 0.6) is 5.75 Å². The molecular weight excluding hydrogens is 506 g/mol. The number of allylic oxidation sites excluding steroid dienone is 3. The molecule has 9 nitrogen and oxygen atoms in total. The number of pyridine rings is 2. The Morgan fingerprint density at radius 1 is 1.35 bits per heavy atom. The van der Waals surface area contributed by atoms with Crippen molar-refractivity contribution in [1.29, 1.82) is 0 Å². The number of aromatic nitrogens is 5. The predicted octanol–water partition coefficient (Wildman–Crippen LogP) is 4.11. The Hall–Kier alpha value is -3.70. The van der Waals surface area contributed by atoms with Gasteiger partial charge in [-0.1, -0.05) is 18.2 Å². The van der Waals surface area contributed by atoms with E-state index < -0.39 is 22.8 Å². The normalized spacial score (nSPS) is 12.7. The van der Waals surface area contributed by atoms with Gasteiger partial charge >= 0.3 is 0 Å². The van der Waals surface area contributed by atoms with E-state index in [9.17, 15) is 18.7 Å². The third-order valence-electron chi connectivity index (χ3n) is 5.26. The van der Waals surface area contributed by atoms with Gasteiger partial charge in [-0.15, -0.1) is 0 Å². The van der Waals surface area contributed by atoms with Gasteiger partial charge in [0.05, 0.1) is 11.9 Å². The predicted molar refractivity (Wildman–Crippen MR) is 136 cm³/mol. The Bertz CT molecular complexity index is 1450. The number of rotatable bonds is 9. The van der Waals surface area contributed by atoms with E-state index in [0.717, 1.165) is 6.20 Å². The fourth-order valence-electron chi connectivity index (χ4n) is 3.58. The van der Waals surface area contributed by atoms with Crippen molar-refractivity contribution in [3.8, 4) is 5.75 Å². The molecular formula is C25H27ClF2N6O3. The van der Waals surface area contributed by atoms with Crippen LogP contribution < -0.4 is 10.3 Å². The molecule has 1 N–H and O–H groups in total. The van der Waals surface area contributed by atoms with Crippen molar-refractivity contribution in [2.75, 3.05) is 0 Å². The minimum atomic E-state index is -1.15. The van der Waals surface area contributed by atoms with Crippen LogP contribution in [0.2, 0.25) is 5.02 Å². The number of ether oxygens (including phenoxy) is 1. The Labute approximate surface area is 217 Å². The molecule has 12 heteroatoms. The third-order valence-corrected chi connectivity index (χ3v) is 5.61. The van der Waals surface area contributed by atoms with Crippen molar-refractivity contribution in [2.24, 2.45) is 12.0 Å². The summed E-state index contributed by atoms with van der Waals surface area (Å²) in [5.74, 6) is -0.812. The van der Waals surface area contributed by atoms with Gasteiger partial charge in [0, 0.05) is 31.1 Å². The number of aliphatic imine (C=N–C) groups is 1. The van der Waals surface area contributed by atoms with Crippen LogP contribution in [0, 0.1) is 18.6 Å². The molecule has 0 aliphatic carbocycles. The van der Waals surface area contributed by atoms with Crippen molar-refractivity contribution < 1.29 is 18.6 Å². The standard InChI is InChI=1S/C25H27ClF2N6O3/c1-7-19(14(2)10-29-12-21-31-24(25(4,5)36)33(6)32-21)34-15(3)8-20(22(26)23(34)35)37-13-18-17(28)9-16(27)11-30-18/h7-11,36H,1,12-13H2,2-6H3/b19-14+,29-10-. The fourth-order valence-corrected chi connectivity index (χ4v) is 3.77. The van der Waals surface area contributed by atoms with Gasteiger partial charge in [-0.05, 0) is 39.3 Å². The van der Waals surface area contributed by atoms with Crippen LogP contribution >= 0.6 is 11.6 Å². The summed E-state index contributed by atoms with van der Waals surface area (Å²) in [6, 6.07) is 2.22. The van der Waals surface area contributed by atoms with Crippen molar-refractivity contribution in [3.63, 3.8) is 0 Å². The van der Waals surface area contributed by atoms with Crippen LogP contribution in [-0.2, 0) is 25.8 Å². The van der Waals surface area contributed by atoms with Gasteiger partial charge < -0.3 is 9.84 Å². The molecule has 0 saturated carbocycles. The van der Waals surface area contributed by atoms with Crippen LogP contribution in [0.1, 0.15) is 43.8 Å². The number of hydrogen-bond acceptors (Lipinski definition) is 7. The van der Waals surface area contributed by atoms with Gasteiger partial charge in [0.15, 0.2) is 17.5 Å². The van der Waals surface area contributed by atoms with Gasteiger partial charge in [0.25, 0.3) is 5.56 Å². The third kappa shape index (κ3) is 6.36. The van der Waals surface area contributed by atoms with Gasteiger partial charge in [-0.2, -0.15) is 5.10 Å². The molecule has 37 heavy (non-hydrogen) atoms. The van der Waals surface area contributed by atoms with Crippen LogP contribution in [0.25, 0.3) is 5.70 Å². The van der Waals surface area contributed by atoms with Crippen molar-refractivity contribution >= 4 is 23.5 Å². The highest BCUT2D eigenvalue weighted by Gasteiger charge is 2.23. The van der Waals surface area contributed by atoms with Crippen molar-refractivity contribution in [1.82, 2.24) is 24.3 Å². The lowest BCUT2D eigenvalue weighted by molar-refractivity contribution is 0.0647. The molecule has 0 aliphatic heterocycles. The number of halogens is 3. The lowest BCUT2D eigenvalue weighted by Gasteiger charge is -2.16. The maximum absolute atomic E-state index is 13.9. The lowest BCUT2D eigenvalue weighted by Crippen LogP contribution is -2.23. The minimum Gasteiger partial charge on any atom is -0.485 e. The van der Waals surface area contributed by atoms with Crippen molar-refractivity contribution in [2.45, 2.75) is 46.4 Å². The summed E-state index contributed by atoms with van der Waals surface area (Å²) in [6.07, 6.45) is 3.93. The smallest absolute Gasteiger partial charge is 0.277 e. The largest absolute Gasteiger partial charge is 0.485 e. The molecule has 0 saturated heterocycles. The molecule has 3 heterocycles. The summed E-state index contributed by atoms with van der Waals surface area (Å²) in [7, 11) is 1.69. The highest BCUT2D eigenvalue weighted by Crippen LogP contribution is 2.25. The molecule has 0 aliphatic rings. The summed E-state index contributed by atoms with van der Waals surface area (Å²) >= 11 is 6.28.